The van der Waals surface area contributed by atoms with Gasteiger partial charge in [0.2, 0.25) is 0 Å². The van der Waals surface area contributed by atoms with Gasteiger partial charge < -0.3 is 16.0 Å². The Morgan fingerprint density at radius 1 is 1.33 bits per heavy atom. The van der Waals surface area contributed by atoms with E-state index in [1.165, 1.54) is 19.4 Å². The molecule has 2 heterocycles. The molecule has 0 amide bonds. The van der Waals surface area contributed by atoms with Gasteiger partial charge in [0.05, 0.1) is 5.69 Å². The van der Waals surface area contributed by atoms with Gasteiger partial charge in [-0.2, -0.15) is 0 Å². The summed E-state index contributed by atoms with van der Waals surface area (Å²) >= 11 is 0. The third-order valence-corrected chi connectivity index (χ3v) is 2.85. The highest BCUT2D eigenvalue weighted by Gasteiger charge is 2.10. The van der Waals surface area contributed by atoms with Crippen molar-refractivity contribution in [3.63, 3.8) is 0 Å². The van der Waals surface area contributed by atoms with Crippen LogP contribution >= 0.6 is 24.8 Å². The summed E-state index contributed by atoms with van der Waals surface area (Å²) in [6, 6.07) is 4.63. The molecule has 1 saturated heterocycles. The number of aromatic nitrogens is 1. The van der Waals surface area contributed by atoms with Crippen LogP contribution in [0.5, 0.6) is 0 Å². The van der Waals surface area contributed by atoms with E-state index in [0.29, 0.717) is 6.04 Å². The quantitative estimate of drug-likeness (QED) is 0.723. The smallest absolute Gasteiger partial charge is 0.0527 e. The second-order valence-electron chi connectivity index (χ2n) is 4.17. The zero-order valence-electron chi connectivity index (χ0n) is 10.4. The monoisotopic (exact) mass is 292 g/mol. The van der Waals surface area contributed by atoms with Crippen molar-refractivity contribution >= 4 is 30.5 Å². The molecule has 4 nitrogen and oxygen atoms in total. The summed E-state index contributed by atoms with van der Waals surface area (Å²) in [4.78, 5) is 4.06. The van der Waals surface area contributed by atoms with Gasteiger partial charge in [0.1, 0.15) is 0 Å². The number of anilines is 1. The summed E-state index contributed by atoms with van der Waals surface area (Å²) in [7, 11) is 0. The van der Waals surface area contributed by atoms with Crippen LogP contribution in [-0.2, 0) is 0 Å². The molecule has 104 valence electrons. The first-order chi connectivity index (χ1) is 7.95. The molecule has 18 heavy (non-hydrogen) atoms. The molecule has 3 N–H and O–H groups in total. The lowest BCUT2D eigenvalue weighted by Crippen LogP contribution is -2.44. The van der Waals surface area contributed by atoms with E-state index in [9.17, 15) is 0 Å². The van der Waals surface area contributed by atoms with E-state index in [1.54, 1.807) is 6.20 Å². The minimum Gasteiger partial charge on any atom is -0.383 e. The lowest BCUT2D eigenvalue weighted by atomic mass is 10.1. The molecular formula is C12H22Cl2N4. The van der Waals surface area contributed by atoms with Gasteiger partial charge >= 0.3 is 0 Å². The Kier molecular flexibility index (Phi) is 10.1. The summed E-state index contributed by atoms with van der Waals surface area (Å²) in [6.45, 7) is 4.22. The van der Waals surface area contributed by atoms with Crippen LogP contribution in [-0.4, -0.2) is 37.2 Å². The second-order valence-corrected chi connectivity index (χ2v) is 4.17. The highest BCUT2D eigenvalue weighted by Crippen LogP contribution is 2.02. The van der Waals surface area contributed by atoms with Gasteiger partial charge in [0.15, 0.2) is 0 Å². The van der Waals surface area contributed by atoms with Crippen molar-refractivity contribution in [1.29, 1.82) is 0 Å². The molecule has 1 atom stereocenters. The standard InChI is InChI=1S/C12H20N4.2ClH/c1-3-11(9-13-5-1)15-7-8-16-12-4-2-6-14-10-12;;/h1,3,5,9,12,14-16H,2,4,6-8,10H2;2*1H. The number of halogens is 2. The minimum absolute atomic E-state index is 0. The summed E-state index contributed by atoms with van der Waals surface area (Å²) in [6.07, 6.45) is 6.22. The first-order valence-corrected chi connectivity index (χ1v) is 6.03. The van der Waals surface area contributed by atoms with Crippen molar-refractivity contribution in [2.45, 2.75) is 18.9 Å². The zero-order valence-corrected chi connectivity index (χ0v) is 12.0. The molecule has 0 aromatic carbocycles. The first kappa shape index (κ1) is 17.4. The van der Waals surface area contributed by atoms with Gasteiger partial charge in [-0.1, -0.05) is 0 Å². The number of pyridine rings is 1. The Balaban J connectivity index is 0.00000144. The van der Waals surface area contributed by atoms with Crippen molar-refractivity contribution in [1.82, 2.24) is 15.6 Å². The van der Waals surface area contributed by atoms with E-state index < -0.39 is 0 Å². The van der Waals surface area contributed by atoms with Crippen LogP contribution in [0.2, 0.25) is 0 Å². The van der Waals surface area contributed by atoms with Gasteiger partial charge in [-0.15, -0.1) is 24.8 Å². The van der Waals surface area contributed by atoms with Gasteiger partial charge in [0, 0.05) is 38.1 Å². The molecule has 1 aliphatic heterocycles. The van der Waals surface area contributed by atoms with E-state index in [-0.39, 0.29) is 24.8 Å². The molecule has 1 aromatic rings. The molecule has 0 saturated carbocycles. The molecular weight excluding hydrogens is 271 g/mol. The number of nitrogens with one attached hydrogen (secondary N) is 3. The molecule has 1 fully saturated rings. The van der Waals surface area contributed by atoms with Crippen molar-refractivity contribution in [3.05, 3.63) is 24.5 Å². The van der Waals surface area contributed by atoms with Crippen LogP contribution in [0.15, 0.2) is 24.5 Å². The van der Waals surface area contributed by atoms with Crippen molar-refractivity contribution in [2.75, 3.05) is 31.5 Å². The molecule has 0 bridgehead atoms. The minimum atomic E-state index is 0. The van der Waals surface area contributed by atoms with Crippen LogP contribution in [0.25, 0.3) is 0 Å². The summed E-state index contributed by atoms with van der Waals surface area (Å²) in [5.74, 6) is 0. The van der Waals surface area contributed by atoms with Crippen LogP contribution in [0.3, 0.4) is 0 Å². The number of hydrogen-bond acceptors (Lipinski definition) is 4. The zero-order chi connectivity index (χ0) is 11.1. The lowest BCUT2D eigenvalue weighted by Gasteiger charge is -2.24. The summed E-state index contributed by atoms with van der Waals surface area (Å²) < 4.78 is 0. The largest absolute Gasteiger partial charge is 0.383 e. The van der Waals surface area contributed by atoms with Crippen LogP contribution in [0, 0.1) is 0 Å². The number of hydrogen-bond donors (Lipinski definition) is 3. The highest BCUT2D eigenvalue weighted by atomic mass is 35.5. The Hall–Kier alpha value is -0.550. The number of rotatable bonds is 5. The predicted molar refractivity (Wildman–Crippen MR) is 81.1 cm³/mol. The van der Waals surface area contributed by atoms with E-state index in [4.69, 9.17) is 0 Å². The third kappa shape index (κ3) is 6.40. The second kappa shape index (κ2) is 10.4. The molecule has 0 radical (unpaired) electrons. The third-order valence-electron chi connectivity index (χ3n) is 2.85. The maximum absolute atomic E-state index is 4.06. The van der Waals surface area contributed by atoms with E-state index in [1.807, 2.05) is 18.3 Å². The predicted octanol–water partition coefficient (Wildman–Crippen LogP) is 1.68. The van der Waals surface area contributed by atoms with Gasteiger partial charge in [-0.3, -0.25) is 4.98 Å². The Morgan fingerprint density at radius 3 is 2.89 bits per heavy atom. The fourth-order valence-electron chi connectivity index (χ4n) is 1.98. The molecule has 1 aromatic heterocycles. The molecule has 6 heteroatoms. The Bertz CT molecular complexity index is 291. The van der Waals surface area contributed by atoms with Crippen LogP contribution in [0.4, 0.5) is 5.69 Å². The maximum Gasteiger partial charge on any atom is 0.0527 e. The fraction of sp³-hybridized carbons (Fsp3) is 0.583. The fourth-order valence-corrected chi connectivity index (χ4v) is 1.98. The Morgan fingerprint density at radius 2 is 2.22 bits per heavy atom. The van der Waals surface area contributed by atoms with Crippen molar-refractivity contribution in [3.8, 4) is 0 Å². The summed E-state index contributed by atoms with van der Waals surface area (Å²) in [5.41, 5.74) is 1.09. The average molecular weight is 293 g/mol. The average Bonchev–Trinajstić information content (AvgIpc) is 2.37. The summed E-state index contributed by atoms with van der Waals surface area (Å²) in [5, 5.41) is 10.3. The lowest BCUT2D eigenvalue weighted by molar-refractivity contribution is 0.395. The molecule has 1 unspecified atom stereocenters. The molecule has 1 aliphatic rings. The number of nitrogens with zero attached hydrogens (tertiary/aromatic N) is 1. The highest BCUT2D eigenvalue weighted by molar-refractivity contribution is 5.85. The SMILES string of the molecule is Cl.Cl.c1cncc(NCCNC2CCCNC2)c1. The maximum atomic E-state index is 4.06. The molecule has 0 spiro atoms. The van der Waals surface area contributed by atoms with E-state index >= 15 is 0 Å². The van der Waals surface area contributed by atoms with E-state index in [0.717, 1.165) is 25.3 Å². The first-order valence-electron chi connectivity index (χ1n) is 6.03. The van der Waals surface area contributed by atoms with Gasteiger partial charge in [-0.25, -0.2) is 0 Å². The van der Waals surface area contributed by atoms with Crippen LogP contribution < -0.4 is 16.0 Å². The molecule has 0 aliphatic carbocycles. The normalized spacial score (nSPS) is 18.3. The molecule has 2 rings (SSSR count). The van der Waals surface area contributed by atoms with Gasteiger partial charge in [0.25, 0.3) is 0 Å². The topological polar surface area (TPSA) is 49.0 Å². The van der Waals surface area contributed by atoms with Crippen molar-refractivity contribution < 1.29 is 0 Å². The van der Waals surface area contributed by atoms with Crippen molar-refractivity contribution in [2.24, 2.45) is 0 Å². The van der Waals surface area contributed by atoms with E-state index in [2.05, 4.69) is 20.9 Å². The van der Waals surface area contributed by atoms with Crippen LogP contribution in [0.1, 0.15) is 12.8 Å². The number of piperidine rings is 1. The Labute approximate surface area is 121 Å². The van der Waals surface area contributed by atoms with Gasteiger partial charge in [-0.05, 0) is 31.5 Å².